The lowest BCUT2D eigenvalue weighted by Gasteiger charge is -2.22. The van der Waals surface area contributed by atoms with Crippen molar-refractivity contribution in [2.24, 2.45) is 0 Å². The first-order valence-electron chi connectivity index (χ1n) is 7.34. The molecule has 2 aromatic carbocycles. The summed E-state index contributed by atoms with van der Waals surface area (Å²) < 4.78 is 1.17. The summed E-state index contributed by atoms with van der Waals surface area (Å²) in [7, 11) is 0. The van der Waals surface area contributed by atoms with Gasteiger partial charge in [0.1, 0.15) is 0 Å². The van der Waals surface area contributed by atoms with Crippen molar-refractivity contribution in [2.75, 3.05) is 6.54 Å². The molecular weight excluding hydrogens is 346 g/mol. The first-order chi connectivity index (χ1) is 10.1. The van der Waals surface area contributed by atoms with Crippen LogP contribution in [-0.4, -0.2) is 6.54 Å². The Morgan fingerprint density at radius 3 is 2.62 bits per heavy atom. The van der Waals surface area contributed by atoms with Crippen LogP contribution in [0.5, 0.6) is 0 Å². The maximum atomic E-state index is 6.08. The Kier molecular flexibility index (Phi) is 6.28. The normalized spacial score (nSPS) is 12.4. The van der Waals surface area contributed by atoms with Crippen LogP contribution >= 0.6 is 27.5 Å². The van der Waals surface area contributed by atoms with E-state index in [-0.39, 0.29) is 0 Å². The third-order valence-electron chi connectivity index (χ3n) is 3.63. The van der Waals surface area contributed by atoms with E-state index >= 15 is 0 Å². The minimum Gasteiger partial charge on any atom is -0.310 e. The quantitative estimate of drug-likeness (QED) is 0.692. The lowest BCUT2D eigenvalue weighted by molar-refractivity contribution is 0.526. The molecule has 0 amide bonds. The standard InChI is InChI=1S/C18H21BrClN/c1-3-10-21-18(12-14-6-4-5-7-17(14)19)16-9-8-15(20)11-13(16)2/h4-9,11,18,21H,3,10,12H2,1-2H3. The smallest absolute Gasteiger partial charge is 0.0408 e. The zero-order valence-electron chi connectivity index (χ0n) is 12.5. The van der Waals surface area contributed by atoms with Gasteiger partial charge in [-0.15, -0.1) is 0 Å². The fourth-order valence-corrected chi connectivity index (χ4v) is 3.20. The molecule has 0 aliphatic heterocycles. The van der Waals surface area contributed by atoms with Crippen molar-refractivity contribution >= 4 is 27.5 Å². The van der Waals surface area contributed by atoms with Gasteiger partial charge in [0.25, 0.3) is 0 Å². The summed E-state index contributed by atoms with van der Waals surface area (Å²) in [6.07, 6.45) is 2.09. The van der Waals surface area contributed by atoms with Crippen LogP contribution in [0.25, 0.3) is 0 Å². The van der Waals surface area contributed by atoms with Crippen molar-refractivity contribution in [2.45, 2.75) is 32.7 Å². The van der Waals surface area contributed by atoms with Crippen molar-refractivity contribution in [1.82, 2.24) is 5.32 Å². The predicted octanol–water partition coefficient (Wildman–Crippen LogP) is 5.69. The summed E-state index contributed by atoms with van der Waals surface area (Å²) in [6.45, 7) is 5.33. The third-order valence-corrected chi connectivity index (χ3v) is 4.64. The second kappa shape index (κ2) is 7.98. The van der Waals surface area contributed by atoms with Crippen LogP contribution in [-0.2, 0) is 6.42 Å². The van der Waals surface area contributed by atoms with Gasteiger partial charge in [-0.1, -0.05) is 58.7 Å². The van der Waals surface area contributed by atoms with E-state index in [1.54, 1.807) is 0 Å². The van der Waals surface area contributed by atoms with Gasteiger partial charge in [-0.3, -0.25) is 0 Å². The van der Waals surface area contributed by atoms with Gasteiger partial charge < -0.3 is 5.32 Å². The van der Waals surface area contributed by atoms with Gasteiger partial charge in [-0.2, -0.15) is 0 Å². The average molecular weight is 367 g/mol. The summed E-state index contributed by atoms with van der Waals surface area (Å²) in [6, 6.07) is 14.9. The molecule has 0 bridgehead atoms. The Labute approximate surface area is 140 Å². The number of aryl methyl sites for hydroxylation is 1. The van der Waals surface area contributed by atoms with Crippen LogP contribution in [0.15, 0.2) is 46.9 Å². The zero-order valence-corrected chi connectivity index (χ0v) is 14.8. The van der Waals surface area contributed by atoms with E-state index in [4.69, 9.17) is 11.6 Å². The lowest BCUT2D eigenvalue weighted by atomic mass is 9.95. The van der Waals surface area contributed by atoms with Crippen LogP contribution in [0, 0.1) is 6.92 Å². The van der Waals surface area contributed by atoms with Gasteiger partial charge in [0.2, 0.25) is 0 Å². The first kappa shape index (κ1) is 16.5. The fraction of sp³-hybridized carbons (Fsp3) is 0.333. The molecular formula is C18H21BrClN. The second-order valence-electron chi connectivity index (χ2n) is 5.30. The number of hydrogen-bond acceptors (Lipinski definition) is 1. The molecule has 1 unspecified atom stereocenters. The molecule has 0 fully saturated rings. The highest BCUT2D eigenvalue weighted by Crippen LogP contribution is 2.27. The number of hydrogen-bond donors (Lipinski definition) is 1. The first-order valence-corrected chi connectivity index (χ1v) is 8.51. The maximum absolute atomic E-state index is 6.08. The molecule has 2 aromatic rings. The van der Waals surface area contributed by atoms with Gasteiger partial charge in [0.05, 0.1) is 0 Å². The Bertz CT molecular complexity index is 598. The molecule has 2 rings (SSSR count). The zero-order chi connectivity index (χ0) is 15.2. The molecule has 1 N–H and O–H groups in total. The van der Waals surface area contributed by atoms with E-state index in [2.05, 4.69) is 65.4 Å². The molecule has 0 saturated carbocycles. The monoisotopic (exact) mass is 365 g/mol. The molecule has 0 aromatic heterocycles. The van der Waals surface area contributed by atoms with Gasteiger partial charge in [0, 0.05) is 15.5 Å². The Morgan fingerprint density at radius 1 is 1.19 bits per heavy atom. The lowest BCUT2D eigenvalue weighted by Crippen LogP contribution is -2.25. The van der Waals surface area contributed by atoms with E-state index in [1.165, 1.54) is 21.2 Å². The number of nitrogens with one attached hydrogen (secondary N) is 1. The molecule has 0 saturated heterocycles. The summed E-state index contributed by atoms with van der Waals surface area (Å²) >= 11 is 9.73. The highest BCUT2D eigenvalue weighted by molar-refractivity contribution is 9.10. The molecule has 0 aliphatic carbocycles. The number of rotatable bonds is 6. The van der Waals surface area contributed by atoms with Crippen LogP contribution in [0.1, 0.15) is 36.1 Å². The van der Waals surface area contributed by atoms with E-state index < -0.39 is 0 Å². The van der Waals surface area contributed by atoms with Crippen molar-refractivity contribution < 1.29 is 0 Å². The molecule has 1 nitrogen and oxygen atoms in total. The van der Waals surface area contributed by atoms with Gasteiger partial charge >= 0.3 is 0 Å². The molecule has 1 atom stereocenters. The minimum atomic E-state index is 0.306. The van der Waals surface area contributed by atoms with Gasteiger partial charge in [-0.25, -0.2) is 0 Å². The van der Waals surface area contributed by atoms with Gasteiger partial charge in [0.15, 0.2) is 0 Å². The molecule has 21 heavy (non-hydrogen) atoms. The molecule has 112 valence electrons. The largest absolute Gasteiger partial charge is 0.310 e. The molecule has 0 spiro atoms. The Morgan fingerprint density at radius 2 is 1.95 bits per heavy atom. The predicted molar refractivity (Wildman–Crippen MR) is 95.1 cm³/mol. The molecule has 0 radical (unpaired) electrons. The second-order valence-corrected chi connectivity index (χ2v) is 6.59. The number of halogens is 2. The summed E-state index contributed by atoms with van der Waals surface area (Å²) in [5.41, 5.74) is 3.88. The highest BCUT2D eigenvalue weighted by atomic mass is 79.9. The van der Waals surface area contributed by atoms with Crippen LogP contribution in [0.2, 0.25) is 5.02 Å². The number of benzene rings is 2. The maximum Gasteiger partial charge on any atom is 0.0408 e. The molecule has 3 heteroatoms. The summed E-state index contributed by atoms with van der Waals surface area (Å²) in [5.74, 6) is 0. The highest BCUT2D eigenvalue weighted by Gasteiger charge is 2.15. The van der Waals surface area contributed by atoms with Crippen LogP contribution in [0.4, 0.5) is 0 Å². The van der Waals surface area contributed by atoms with E-state index in [0.29, 0.717) is 6.04 Å². The van der Waals surface area contributed by atoms with E-state index in [1.807, 2.05) is 12.1 Å². The third kappa shape index (κ3) is 4.57. The van der Waals surface area contributed by atoms with Crippen LogP contribution in [0.3, 0.4) is 0 Å². The van der Waals surface area contributed by atoms with E-state index in [0.717, 1.165) is 24.4 Å². The minimum absolute atomic E-state index is 0.306. The van der Waals surface area contributed by atoms with Gasteiger partial charge in [-0.05, 0) is 61.2 Å². The van der Waals surface area contributed by atoms with Crippen molar-refractivity contribution in [1.29, 1.82) is 0 Å². The molecule has 0 aliphatic rings. The fourth-order valence-electron chi connectivity index (χ4n) is 2.52. The topological polar surface area (TPSA) is 12.0 Å². The summed E-state index contributed by atoms with van der Waals surface area (Å²) in [5, 5.41) is 4.46. The Hall–Kier alpha value is -0.830. The Balaban J connectivity index is 2.27. The molecule has 0 heterocycles. The van der Waals surface area contributed by atoms with Crippen molar-refractivity contribution in [3.63, 3.8) is 0 Å². The summed E-state index contributed by atoms with van der Waals surface area (Å²) in [4.78, 5) is 0. The van der Waals surface area contributed by atoms with Crippen LogP contribution < -0.4 is 5.32 Å². The SMILES string of the molecule is CCCNC(Cc1ccccc1Br)c1ccc(Cl)cc1C. The van der Waals surface area contributed by atoms with E-state index in [9.17, 15) is 0 Å². The van der Waals surface area contributed by atoms with Crippen molar-refractivity contribution in [3.05, 3.63) is 68.7 Å². The average Bonchev–Trinajstić information content (AvgIpc) is 2.46. The van der Waals surface area contributed by atoms with Crippen molar-refractivity contribution in [3.8, 4) is 0 Å².